The number of fused-ring (bicyclic) bond motifs is 4. The fraction of sp³-hybridized carbons (Fsp3) is 0.500. The predicted molar refractivity (Wildman–Crippen MR) is 99.9 cm³/mol. The van der Waals surface area contributed by atoms with Gasteiger partial charge in [-0.3, -0.25) is 9.59 Å². The Morgan fingerprint density at radius 1 is 1.42 bits per heavy atom. The number of carboxylic acid groups (broad SMARTS) is 1. The molecule has 0 saturated carbocycles. The molecule has 7 nitrogen and oxygen atoms in total. The normalized spacial score (nSPS) is 23.8. The van der Waals surface area contributed by atoms with Gasteiger partial charge in [0, 0.05) is 25.0 Å². The molecule has 4 heterocycles. The average Bonchev–Trinajstić information content (AvgIpc) is 3.11. The summed E-state index contributed by atoms with van der Waals surface area (Å²) in [5.41, 5.74) is 0.576. The van der Waals surface area contributed by atoms with Crippen LogP contribution < -0.4 is 4.74 Å². The first kappa shape index (κ1) is 18.6. The monoisotopic (exact) mass is 377 g/mol. The topological polar surface area (TPSA) is 83.0 Å². The standard InChI is InChI=1S/C17H21N3O2S.CH2O2/c1-19(14-10-20-7-5-11(14)6-8-20)17(21)16-13-4-3-12(22-2)9-15(13)23-18-16;2-1-3/h3-4,9,11,14H,5-8,10H2,1-2H3;1H,(H,2,3)/t14-;/m0./s1. The lowest BCUT2D eigenvalue weighted by Crippen LogP contribution is -2.57. The highest BCUT2D eigenvalue weighted by atomic mass is 32.1. The molecule has 2 bridgehead atoms. The Morgan fingerprint density at radius 3 is 2.69 bits per heavy atom. The second-order valence-corrected chi connectivity index (χ2v) is 7.43. The average molecular weight is 377 g/mol. The molecular formula is C18H23N3O4S. The summed E-state index contributed by atoms with van der Waals surface area (Å²) in [4.78, 5) is 25.7. The molecule has 1 atom stereocenters. The van der Waals surface area contributed by atoms with E-state index in [0.717, 1.165) is 22.4 Å². The summed E-state index contributed by atoms with van der Waals surface area (Å²) in [6, 6.07) is 6.09. The Labute approximate surface area is 156 Å². The fourth-order valence-corrected chi connectivity index (χ4v) is 4.69. The molecule has 140 valence electrons. The van der Waals surface area contributed by atoms with Crippen molar-refractivity contribution in [1.82, 2.24) is 14.2 Å². The first-order valence-electron chi connectivity index (χ1n) is 8.59. The van der Waals surface area contributed by atoms with Crippen molar-refractivity contribution in [2.45, 2.75) is 18.9 Å². The van der Waals surface area contributed by atoms with Gasteiger partial charge in [-0.1, -0.05) is 0 Å². The highest BCUT2D eigenvalue weighted by molar-refractivity contribution is 7.13. The van der Waals surface area contributed by atoms with E-state index in [2.05, 4.69) is 9.27 Å². The number of carbonyl (C=O) groups is 2. The quantitative estimate of drug-likeness (QED) is 0.826. The van der Waals surface area contributed by atoms with Gasteiger partial charge in [0.25, 0.3) is 12.4 Å². The molecule has 0 spiro atoms. The van der Waals surface area contributed by atoms with Crippen molar-refractivity contribution in [1.29, 1.82) is 0 Å². The van der Waals surface area contributed by atoms with E-state index >= 15 is 0 Å². The minimum Gasteiger partial charge on any atom is -0.497 e. The van der Waals surface area contributed by atoms with Crippen LogP contribution in [0.5, 0.6) is 5.75 Å². The third-order valence-corrected chi connectivity index (χ3v) is 6.13. The van der Waals surface area contributed by atoms with Crippen molar-refractivity contribution in [3.05, 3.63) is 23.9 Å². The van der Waals surface area contributed by atoms with Gasteiger partial charge in [0.1, 0.15) is 11.4 Å². The van der Waals surface area contributed by atoms with Crippen LogP contribution in [0.4, 0.5) is 0 Å². The van der Waals surface area contributed by atoms with Gasteiger partial charge in [-0.25, -0.2) is 0 Å². The molecule has 1 aromatic carbocycles. The molecule has 0 unspecified atom stereocenters. The number of likely N-dealkylation sites (N-methyl/N-ethyl adjacent to an activating group) is 1. The summed E-state index contributed by atoms with van der Waals surface area (Å²) in [5, 5.41) is 7.81. The Bertz CT molecular complexity index is 786. The van der Waals surface area contributed by atoms with Crippen molar-refractivity contribution in [3.63, 3.8) is 0 Å². The first-order chi connectivity index (χ1) is 12.6. The maximum absolute atomic E-state index is 13.0. The molecule has 3 aliphatic heterocycles. The van der Waals surface area contributed by atoms with Gasteiger partial charge in [-0.15, -0.1) is 0 Å². The van der Waals surface area contributed by atoms with E-state index in [9.17, 15) is 4.79 Å². The Balaban J connectivity index is 0.000000613. The van der Waals surface area contributed by atoms with Crippen molar-refractivity contribution in [3.8, 4) is 5.75 Å². The van der Waals surface area contributed by atoms with E-state index in [-0.39, 0.29) is 12.4 Å². The molecule has 5 rings (SSSR count). The number of hydrogen-bond donors (Lipinski definition) is 1. The third kappa shape index (κ3) is 3.52. The Hall–Kier alpha value is -2.19. The molecule has 3 saturated heterocycles. The van der Waals surface area contributed by atoms with Gasteiger partial charge in [0.15, 0.2) is 0 Å². The molecule has 1 aromatic heterocycles. The van der Waals surface area contributed by atoms with Crippen LogP contribution in [0.1, 0.15) is 23.3 Å². The summed E-state index contributed by atoms with van der Waals surface area (Å²) in [7, 11) is 3.58. The number of piperidine rings is 3. The van der Waals surface area contributed by atoms with E-state index in [4.69, 9.17) is 14.6 Å². The lowest BCUT2D eigenvalue weighted by Gasteiger charge is -2.47. The maximum atomic E-state index is 13.0. The number of amides is 1. The fourth-order valence-electron chi connectivity index (χ4n) is 3.89. The second-order valence-electron chi connectivity index (χ2n) is 6.62. The highest BCUT2D eigenvalue weighted by Crippen LogP contribution is 2.32. The zero-order valence-electron chi connectivity index (χ0n) is 14.9. The zero-order chi connectivity index (χ0) is 18.7. The van der Waals surface area contributed by atoms with Gasteiger partial charge in [0.2, 0.25) is 0 Å². The van der Waals surface area contributed by atoms with Crippen LogP contribution in [0.25, 0.3) is 10.1 Å². The zero-order valence-corrected chi connectivity index (χ0v) is 15.7. The summed E-state index contributed by atoms with van der Waals surface area (Å²) in [5.74, 6) is 1.48. The van der Waals surface area contributed by atoms with Crippen molar-refractivity contribution in [2.24, 2.45) is 5.92 Å². The number of aromatic nitrogens is 1. The number of nitrogens with zero attached hydrogens (tertiary/aromatic N) is 3. The van der Waals surface area contributed by atoms with Gasteiger partial charge in [-0.2, -0.15) is 4.37 Å². The predicted octanol–water partition coefficient (Wildman–Crippen LogP) is 2.17. The van der Waals surface area contributed by atoms with E-state index in [1.54, 1.807) is 7.11 Å². The van der Waals surface area contributed by atoms with Crippen LogP contribution in [0.15, 0.2) is 18.2 Å². The van der Waals surface area contributed by atoms with E-state index in [1.165, 1.54) is 37.5 Å². The molecule has 8 heteroatoms. The lowest BCUT2D eigenvalue weighted by atomic mass is 9.83. The molecule has 1 amide bonds. The molecule has 3 fully saturated rings. The van der Waals surface area contributed by atoms with E-state index in [1.807, 2.05) is 30.1 Å². The van der Waals surface area contributed by atoms with Gasteiger partial charge < -0.3 is 19.6 Å². The number of benzene rings is 1. The maximum Gasteiger partial charge on any atom is 0.290 e. The number of ether oxygens (including phenoxy) is 1. The van der Waals surface area contributed by atoms with Crippen LogP contribution in [-0.2, 0) is 4.79 Å². The largest absolute Gasteiger partial charge is 0.497 e. The van der Waals surface area contributed by atoms with Crippen LogP contribution in [0, 0.1) is 5.92 Å². The smallest absolute Gasteiger partial charge is 0.290 e. The SMILES string of the molecule is COc1ccc2c(C(=O)N(C)[C@H]3CN4CCC3CC4)nsc2c1.O=CO. The van der Waals surface area contributed by atoms with Crippen LogP contribution >= 0.6 is 11.5 Å². The van der Waals surface area contributed by atoms with Crippen LogP contribution in [0.3, 0.4) is 0 Å². The molecule has 26 heavy (non-hydrogen) atoms. The Morgan fingerprint density at radius 2 is 2.12 bits per heavy atom. The minimum atomic E-state index is -0.250. The van der Waals surface area contributed by atoms with Gasteiger partial charge >= 0.3 is 0 Å². The van der Waals surface area contributed by atoms with Crippen LogP contribution in [0.2, 0.25) is 0 Å². The Kier molecular flexibility index (Phi) is 5.73. The molecular weight excluding hydrogens is 354 g/mol. The number of carbonyl (C=O) groups excluding carboxylic acids is 1. The number of hydrogen-bond acceptors (Lipinski definition) is 6. The molecule has 3 aliphatic rings. The third-order valence-electron chi connectivity index (χ3n) is 5.32. The van der Waals surface area contributed by atoms with Crippen molar-refractivity contribution < 1.29 is 19.4 Å². The van der Waals surface area contributed by atoms with Gasteiger partial charge in [0.05, 0.1) is 11.8 Å². The van der Waals surface area contributed by atoms with E-state index in [0.29, 0.717) is 17.7 Å². The first-order valence-corrected chi connectivity index (χ1v) is 9.37. The highest BCUT2D eigenvalue weighted by Gasteiger charge is 2.38. The summed E-state index contributed by atoms with van der Waals surface area (Å²) < 4.78 is 10.7. The van der Waals surface area contributed by atoms with Crippen molar-refractivity contribution >= 4 is 34.0 Å². The minimum absolute atomic E-state index is 0.0418. The van der Waals surface area contributed by atoms with Crippen molar-refractivity contribution in [2.75, 3.05) is 33.8 Å². The summed E-state index contributed by atoms with van der Waals surface area (Å²) >= 11 is 1.36. The molecule has 0 aliphatic carbocycles. The number of methoxy groups -OCH3 is 1. The van der Waals surface area contributed by atoms with E-state index < -0.39 is 0 Å². The van der Waals surface area contributed by atoms with Gasteiger partial charge in [-0.05, 0) is 61.6 Å². The lowest BCUT2D eigenvalue weighted by molar-refractivity contribution is -0.122. The summed E-state index contributed by atoms with van der Waals surface area (Å²) in [6.07, 6.45) is 2.41. The second kappa shape index (κ2) is 8.01. The molecule has 1 N–H and O–H groups in total. The molecule has 2 aromatic rings. The summed E-state index contributed by atoms with van der Waals surface area (Å²) in [6.45, 7) is 3.12. The van der Waals surface area contributed by atoms with Crippen LogP contribution in [-0.4, -0.2) is 71.5 Å². The molecule has 0 radical (unpaired) electrons. The number of rotatable bonds is 3.